The normalized spacial score (nSPS) is 25.4. The smallest absolute Gasteiger partial charge is 0.228 e. The molecule has 1 aliphatic heterocycles. The Morgan fingerprint density at radius 1 is 1.27 bits per heavy atom. The van der Waals surface area contributed by atoms with Gasteiger partial charge >= 0.3 is 0 Å². The molecule has 2 rings (SSSR count). The molecular formula is C12H13NO2. The highest BCUT2D eigenvalue weighted by Gasteiger charge is 2.41. The fourth-order valence-corrected chi connectivity index (χ4v) is 1.91. The fraction of sp³-hybridized carbons (Fsp3) is 0.333. The molecule has 3 heteroatoms. The standard InChI is InChI=1S/C12H13NO2/c1-12(10(14)7-11(15)13-12)8-9-5-3-2-4-6-9/h2-6H,7-8H2,1H3,(H,13,15)/t12-/m1/s1. The van der Waals surface area contributed by atoms with Crippen LogP contribution in [0.25, 0.3) is 0 Å². The topological polar surface area (TPSA) is 46.2 Å². The Bertz CT molecular complexity index is 399. The summed E-state index contributed by atoms with van der Waals surface area (Å²) < 4.78 is 0. The monoisotopic (exact) mass is 203 g/mol. The molecule has 3 nitrogen and oxygen atoms in total. The second-order valence-corrected chi connectivity index (χ2v) is 4.14. The molecule has 0 unspecified atom stereocenters. The van der Waals surface area contributed by atoms with E-state index in [1.807, 2.05) is 30.3 Å². The zero-order valence-corrected chi connectivity index (χ0v) is 8.62. The Kier molecular flexibility index (Phi) is 2.31. The van der Waals surface area contributed by atoms with E-state index in [0.29, 0.717) is 6.42 Å². The first-order chi connectivity index (χ1) is 7.10. The molecular weight excluding hydrogens is 190 g/mol. The van der Waals surface area contributed by atoms with E-state index >= 15 is 0 Å². The quantitative estimate of drug-likeness (QED) is 0.731. The summed E-state index contributed by atoms with van der Waals surface area (Å²) >= 11 is 0. The third-order valence-corrected chi connectivity index (χ3v) is 2.75. The number of hydrogen-bond donors (Lipinski definition) is 1. The van der Waals surface area contributed by atoms with Crippen molar-refractivity contribution in [1.29, 1.82) is 0 Å². The molecule has 1 aromatic rings. The molecule has 0 radical (unpaired) electrons. The highest BCUT2D eigenvalue weighted by molar-refractivity contribution is 6.10. The molecule has 0 aliphatic carbocycles. The first-order valence-corrected chi connectivity index (χ1v) is 4.98. The van der Waals surface area contributed by atoms with Gasteiger partial charge in [-0.1, -0.05) is 30.3 Å². The van der Waals surface area contributed by atoms with Crippen molar-refractivity contribution in [2.24, 2.45) is 0 Å². The number of Topliss-reactive ketones (excluding diaryl/α,β-unsaturated/α-hetero) is 1. The van der Waals surface area contributed by atoms with Crippen LogP contribution in [-0.4, -0.2) is 17.2 Å². The Labute approximate surface area is 88.5 Å². The van der Waals surface area contributed by atoms with Gasteiger partial charge in [0.1, 0.15) is 5.54 Å². The van der Waals surface area contributed by atoms with Gasteiger partial charge in [0.25, 0.3) is 0 Å². The molecule has 0 aromatic heterocycles. The summed E-state index contributed by atoms with van der Waals surface area (Å²) in [5, 5.41) is 2.74. The summed E-state index contributed by atoms with van der Waals surface area (Å²) in [7, 11) is 0. The van der Waals surface area contributed by atoms with Crippen LogP contribution in [0.15, 0.2) is 30.3 Å². The van der Waals surface area contributed by atoms with Crippen molar-refractivity contribution in [2.75, 3.05) is 0 Å². The fourth-order valence-electron chi connectivity index (χ4n) is 1.91. The summed E-state index contributed by atoms with van der Waals surface area (Å²) in [6.45, 7) is 1.78. The molecule has 1 atom stereocenters. The Hall–Kier alpha value is -1.64. The number of ketones is 1. The predicted molar refractivity (Wildman–Crippen MR) is 56.3 cm³/mol. The first kappa shape index (κ1) is 9.90. The van der Waals surface area contributed by atoms with E-state index in [4.69, 9.17) is 0 Å². The highest BCUT2D eigenvalue weighted by atomic mass is 16.2. The van der Waals surface area contributed by atoms with E-state index in [-0.39, 0.29) is 18.1 Å². The summed E-state index contributed by atoms with van der Waals surface area (Å²) in [4.78, 5) is 22.8. The van der Waals surface area contributed by atoms with Gasteiger partial charge in [-0.05, 0) is 12.5 Å². The SMILES string of the molecule is C[C@]1(Cc2ccccc2)NC(=O)CC1=O. The minimum atomic E-state index is -0.710. The van der Waals surface area contributed by atoms with Gasteiger partial charge in [-0.3, -0.25) is 9.59 Å². The molecule has 1 aliphatic rings. The number of rotatable bonds is 2. The van der Waals surface area contributed by atoms with Crippen molar-refractivity contribution >= 4 is 11.7 Å². The molecule has 0 bridgehead atoms. The van der Waals surface area contributed by atoms with Crippen LogP contribution in [0.1, 0.15) is 18.9 Å². The average Bonchev–Trinajstić information content (AvgIpc) is 2.41. The number of benzene rings is 1. The molecule has 1 saturated heterocycles. The van der Waals surface area contributed by atoms with Crippen LogP contribution in [0.4, 0.5) is 0 Å². The number of nitrogens with one attached hydrogen (secondary N) is 1. The van der Waals surface area contributed by atoms with Crippen LogP contribution in [0, 0.1) is 0 Å². The van der Waals surface area contributed by atoms with Crippen molar-refractivity contribution in [3.05, 3.63) is 35.9 Å². The summed E-state index contributed by atoms with van der Waals surface area (Å²) in [5.74, 6) is -0.185. The highest BCUT2D eigenvalue weighted by Crippen LogP contribution is 2.20. The van der Waals surface area contributed by atoms with Crippen LogP contribution in [-0.2, 0) is 16.0 Å². The van der Waals surface area contributed by atoms with E-state index < -0.39 is 5.54 Å². The summed E-state index contributed by atoms with van der Waals surface area (Å²) in [5.41, 5.74) is 0.355. The number of hydrogen-bond acceptors (Lipinski definition) is 2. The first-order valence-electron chi connectivity index (χ1n) is 4.98. The molecule has 0 saturated carbocycles. The maximum absolute atomic E-state index is 11.6. The Balaban J connectivity index is 2.18. The second kappa shape index (κ2) is 3.50. The molecule has 1 aromatic carbocycles. The molecule has 15 heavy (non-hydrogen) atoms. The maximum Gasteiger partial charge on any atom is 0.228 e. The van der Waals surface area contributed by atoms with Crippen molar-refractivity contribution in [1.82, 2.24) is 5.32 Å². The molecule has 1 N–H and O–H groups in total. The number of carbonyl (C=O) groups is 2. The third-order valence-electron chi connectivity index (χ3n) is 2.75. The average molecular weight is 203 g/mol. The Morgan fingerprint density at radius 2 is 1.93 bits per heavy atom. The van der Waals surface area contributed by atoms with E-state index in [1.165, 1.54) is 0 Å². The minimum absolute atomic E-state index is 0.0172. The molecule has 1 amide bonds. The van der Waals surface area contributed by atoms with E-state index in [0.717, 1.165) is 5.56 Å². The lowest BCUT2D eigenvalue weighted by molar-refractivity contribution is -0.123. The van der Waals surface area contributed by atoms with Gasteiger partial charge in [-0.15, -0.1) is 0 Å². The third kappa shape index (κ3) is 1.91. The predicted octanol–water partition coefficient (Wildman–Crippen LogP) is 1.08. The van der Waals surface area contributed by atoms with Crippen LogP contribution in [0.2, 0.25) is 0 Å². The number of amides is 1. The van der Waals surface area contributed by atoms with E-state index in [9.17, 15) is 9.59 Å². The van der Waals surface area contributed by atoms with Crippen LogP contribution in [0.5, 0.6) is 0 Å². The van der Waals surface area contributed by atoms with Gasteiger partial charge in [0, 0.05) is 6.42 Å². The molecule has 0 spiro atoms. The zero-order valence-electron chi connectivity index (χ0n) is 8.62. The maximum atomic E-state index is 11.6. The van der Waals surface area contributed by atoms with Gasteiger partial charge in [-0.25, -0.2) is 0 Å². The van der Waals surface area contributed by atoms with Crippen molar-refractivity contribution < 1.29 is 9.59 Å². The van der Waals surface area contributed by atoms with E-state index in [2.05, 4.69) is 5.32 Å². The molecule has 1 heterocycles. The van der Waals surface area contributed by atoms with Gasteiger partial charge in [-0.2, -0.15) is 0 Å². The lowest BCUT2D eigenvalue weighted by atomic mass is 9.90. The molecule has 78 valence electrons. The van der Waals surface area contributed by atoms with Crippen LogP contribution < -0.4 is 5.32 Å². The van der Waals surface area contributed by atoms with Crippen LogP contribution in [0.3, 0.4) is 0 Å². The lowest BCUT2D eigenvalue weighted by Crippen LogP contribution is -2.45. The minimum Gasteiger partial charge on any atom is -0.343 e. The van der Waals surface area contributed by atoms with Gasteiger partial charge in [0.2, 0.25) is 5.91 Å². The van der Waals surface area contributed by atoms with E-state index in [1.54, 1.807) is 6.92 Å². The number of carbonyl (C=O) groups excluding carboxylic acids is 2. The van der Waals surface area contributed by atoms with Crippen molar-refractivity contribution in [2.45, 2.75) is 25.3 Å². The second-order valence-electron chi connectivity index (χ2n) is 4.14. The lowest BCUT2D eigenvalue weighted by Gasteiger charge is -2.22. The summed E-state index contributed by atoms with van der Waals surface area (Å²) in [6, 6.07) is 9.72. The summed E-state index contributed by atoms with van der Waals surface area (Å²) in [6.07, 6.45) is 0.585. The van der Waals surface area contributed by atoms with Crippen molar-refractivity contribution in [3.8, 4) is 0 Å². The van der Waals surface area contributed by atoms with Gasteiger partial charge < -0.3 is 5.32 Å². The Morgan fingerprint density at radius 3 is 2.47 bits per heavy atom. The largest absolute Gasteiger partial charge is 0.343 e. The van der Waals surface area contributed by atoms with Crippen molar-refractivity contribution in [3.63, 3.8) is 0 Å². The van der Waals surface area contributed by atoms with Gasteiger partial charge in [0.05, 0.1) is 6.42 Å². The van der Waals surface area contributed by atoms with Gasteiger partial charge in [0.15, 0.2) is 5.78 Å². The van der Waals surface area contributed by atoms with Crippen LogP contribution >= 0.6 is 0 Å². The molecule has 1 fully saturated rings. The zero-order chi connectivity index (χ0) is 10.9.